The van der Waals surface area contributed by atoms with Crippen LogP contribution in [0.1, 0.15) is 13.3 Å². The molecule has 96 valence electrons. The smallest absolute Gasteiger partial charge is 0.184 e. The highest BCUT2D eigenvalue weighted by Crippen LogP contribution is 2.26. The van der Waals surface area contributed by atoms with E-state index in [1.54, 1.807) is 0 Å². The SMILES string of the molecule is C=CC(C[Si](C)(C)C)C(CC)O[Si](C)(C)C. The van der Waals surface area contributed by atoms with Crippen molar-refractivity contribution < 1.29 is 4.43 Å². The summed E-state index contributed by atoms with van der Waals surface area (Å²) in [5, 5.41) is 0. The zero-order valence-corrected chi connectivity index (χ0v) is 14.3. The monoisotopic (exact) mass is 258 g/mol. The highest BCUT2D eigenvalue weighted by atomic mass is 28.4. The summed E-state index contributed by atoms with van der Waals surface area (Å²) < 4.78 is 6.28. The van der Waals surface area contributed by atoms with E-state index in [0.717, 1.165) is 6.42 Å². The van der Waals surface area contributed by atoms with Gasteiger partial charge in [0.1, 0.15) is 0 Å². The van der Waals surface area contributed by atoms with Crippen molar-refractivity contribution in [1.82, 2.24) is 0 Å². The Morgan fingerprint density at radius 3 is 1.88 bits per heavy atom. The molecule has 0 heterocycles. The first kappa shape index (κ1) is 16.1. The van der Waals surface area contributed by atoms with Crippen molar-refractivity contribution >= 4 is 16.4 Å². The molecule has 0 aromatic rings. The van der Waals surface area contributed by atoms with E-state index in [1.807, 2.05) is 0 Å². The van der Waals surface area contributed by atoms with E-state index < -0.39 is 16.4 Å². The summed E-state index contributed by atoms with van der Waals surface area (Å²) in [6.45, 7) is 20.3. The van der Waals surface area contributed by atoms with Crippen molar-refractivity contribution in [1.29, 1.82) is 0 Å². The van der Waals surface area contributed by atoms with Crippen molar-refractivity contribution in [3.05, 3.63) is 12.7 Å². The summed E-state index contributed by atoms with van der Waals surface area (Å²) >= 11 is 0. The van der Waals surface area contributed by atoms with Gasteiger partial charge in [-0.25, -0.2) is 0 Å². The highest BCUT2D eigenvalue weighted by Gasteiger charge is 2.28. The number of hydrogen-bond donors (Lipinski definition) is 0. The Labute approximate surface area is 104 Å². The maximum atomic E-state index is 6.28. The Balaban J connectivity index is 4.57. The molecule has 0 spiro atoms. The second kappa shape index (κ2) is 6.17. The molecule has 0 aliphatic carbocycles. The van der Waals surface area contributed by atoms with E-state index in [-0.39, 0.29) is 0 Å². The Morgan fingerprint density at radius 1 is 1.12 bits per heavy atom. The first-order chi connectivity index (χ1) is 7.09. The lowest BCUT2D eigenvalue weighted by atomic mass is 10.0. The fraction of sp³-hybridized carbons (Fsp3) is 0.846. The summed E-state index contributed by atoms with van der Waals surface area (Å²) in [6.07, 6.45) is 3.61. The predicted molar refractivity (Wildman–Crippen MR) is 80.4 cm³/mol. The summed E-state index contributed by atoms with van der Waals surface area (Å²) in [5.74, 6) is 0.545. The van der Waals surface area contributed by atoms with Crippen LogP contribution < -0.4 is 0 Å². The summed E-state index contributed by atoms with van der Waals surface area (Å²) in [5.41, 5.74) is 0. The van der Waals surface area contributed by atoms with Gasteiger partial charge in [-0.05, 0) is 38.0 Å². The largest absolute Gasteiger partial charge is 0.414 e. The zero-order chi connectivity index (χ0) is 13.0. The molecule has 0 amide bonds. The molecule has 0 saturated heterocycles. The van der Waals surface area contributed by atoms with Crippen molar-refractivity contribution in [3.8, 4) is 0 Å². The van der Waals surface area contributed by atoms with Crippen LogP contribution in [0.25, 0.3) is 0 Å². The molecule has 0 aromatic heterocycles. The standard InChI is InChI=1S/C13H30OSi2/c1-9-12(11-15(3,4)5)13(10-2)14-16(6,7)8/h9,12-13H,1,10-11H2,2-8H3. The second-order valence-electron chi connectivity index (χ2n) is 6.84. The van der Waals surface area contributed by atoms with Crippen LogP contribution in [0, 0.1) is 5.92 Å². The van der Waals surface area contributed by atoms with Gasteiger partial charge >= 0.3 is 0 Å². The average molecular weight is 259 g/mol. The van der Waals surface area contributed by atoms with Gasteiger partial charge in [-0.2, -0.15) is 0 Å². The molecule has 2 unspecified atom stereocenters. The van der Waals surface area contributed by atoms with Gasteiger partial charge in [0.05, 0.1) is 6.10 Å². The quantitative estimate of drug-likeness (QED) is 0.473. The Morgan fingerprint density at radius 2 is 1.62 bits per heavy atom. The fourth-order valence-corrected chi connectivity index (χ4v) is 5.09. The summed E-state index contributed by atoms with van der Waals surface area (Å²) in [6, 6.07) is 1.29. The Kier molecular flexibility index (Phi) is 6.22. The molecule has 0 aliphatic heterocycles. The first-order valence-electron chi connectivity index (χ1n) is 6.39. The van der Waals surface area contributed by atoms with E-state index in [9.17, 15) is 0 Å². The third-order valence-corrected chi connectivity index (χ3v) is 5.24. The molecule has 1 nitrogen and oxygen atoms in total. The predicted octanol–water partition coefficient (Wildman–Crippen LogP) is 4.76. The third-order valence-electron chi connectivity index (χ3n) is 2.54. The van der Waals surface area contributed by atoms with Crippen LogP contribution in [0.5, 0.6) is 0 Å². The van der Waals surface area contributed by atoms with Crippen LogP contribution in [0.15, 0.2) is 12.7 Å². The minimum Gasteiger partial charge on any atom is -0.414 e. The number of hydrogen-bond acceptors (Lipinski definition) is 1. The molecule has 0 fully saturated rings. The van der Waals surface area contributed by atoms with E-state index >= 15 is 0 Å². The third kappa shape index (κ3) is 7.41. The van der Waals surface area contributed by atoms with Crippen molar-refractivity contribution in [2.45, 2.75) is 64.8 Å². The molecule has 0 aromatic carbocycles. The second-order valence-corrected chi connectivity index (χ2v) is 16.8. The van der Waals surface area contributed by atoms with Gasteiger partial charge in [0.25, 0.3) is 0 Å². The van der Waals surface area contributed by atoms with Crippen molar-refractivity contribution in [3.63, 3.8) is 0 Å². The first-order valence-corrected chi connectivity index (χ1v) is 13.5. The van der Waals surface area contributed by atoms with E-state index in [2.05, 4.69) is 58.9 Å². The van der Waals surface area contributed by atoms with Gasteiger partial charge in [-0.15, -0.1) is 6.58 Å². The molecule has 0 rings (SSSR count). The maximum Gasteiger partial charge on any atom is 0.184 e. The normalized spacial score (nSPS) is 16.9. The minimum atomic E-state index is -1.43. The molecular formula is C13H30OSi2. The Hall–Kier alpha value is 0.134. The van der Waals surface area contributed by atoms with Gasteiger partial charge in [0.15, 0.2) is 8.32 Å². The molecule has 0 saturated carbocycles. The lowest BCUT2D eigenvalue weighted by molar-refractivity contribution is 0.152. The highest BCUT2D eigenvalue weighted by molar-refractivity contribution is 6.76. The van der Waals surface area contributed by atoms with Gasteiger partial charge in [-0.3, -0.25) is 0 Å². The van der Waals surface area contributed by atoms with Crippen molar-refractivity contribution in [2.24, 2.45) is 5.92 Å². The van der Waals surface area contributed by atoms with Gasteiger partial charge in [0.2, 0.25) is 0 Å². The summed E-state index contributed by atoms with van der Waals surface area (Å²) in [7, 11) is -2.46. The minimum absolute atomic E-state index is 0.385. The lowest BCUT2D eigenvalue weighted by Gasteiger charge is -2.33. The van der Waals surface area contributed by atoms with Gasteiger partial charge < -0.3 is 4.43 Å². The fourth-order valence-electron chi connectivity index (χ4n) is 2.00. The topological polar surface area (TPSA) is 9.23 Å². The summed E-state index contributed by atoms with van der Waals surface area (Å²) in [4.78, 5) is 0. The van der Waals surface area contributed by atoms with Crippen LogP contribution in [-0.4, -0.2) is 22.5 Å². The molecule has 0 radical (unpaired) electrons. The average Bonchev–Trinajstić information content (AvgIpc) is 2.07. The molecule has 2 atom stereocenters. The molecular weight excluding hydrogens is 228 g/mol. The maximum absolute atomic E-state index is 6.28. The molecule has 16 heavy (non-hydrogen) atoms. The van der Waals surface area contributed by atoms with Gasteiger partial charge in [0, 0.05) is 8.07 Å². The Bertz CT molecular complexity index is 213. The van der Waals surface area contributed by atoms with E-state index in [4.69, 9.17) is 4.43 Å². The van der Waals surface area contributed by atoms with Gasteiger partial charge in [-0.1, -0.05) is 32.6 Å². The van der Waals surface area contributed by atoms with Crippen LogP contribution in [0.2, 0.25) is 45.3 Å². The molecule has 3 heteroatoms. The van der Waals surface area contributed by atoms with E-state index in [0.29, 0.717) is 12.0 Å². The van der Waals surface area contributed by atoms with Crippen LogP contribution in [-0.2, 0) is 4.43 Å². The lowest BCUT2D eigenvalue weighted by Crippen LogP contribution is -2.38. The van der Waals surface area contributed by atoms with Crippen molar-refractivity contribution in [2.75, 3.05) is 0 Å². The molecule has 0 aliphatic rings. The number of rotatable bonds is 7. The zero-order valence-electron chi connectivity index (χ0n) is 12.3. The van der Waals surface area contributed by atoms with Crippen LogP contribution in [0.4, 0.5) is 0 Å². The molecule has 0 N–H and O–H groups in total. The van der Waals surface area contributed by atoms with E-state index in [1.165, 1.54) is 6.04 Å². The molecule has 0 bridgehead atoms. The van der Waals surface area contributed by atoms with Crippen LogP contribution in [0.3, 0.4) is 0 Å². The van der Waals surface area contributed by atoms with Crippen LogP contribution >= 0.6 is 0 Å².